The molecule has 23 heavy (non-hydrogen) atoms. The van der Waals surface area contributed by atoms with Gasteiger partial charge in [-0.3, -0.25) is 0 Å². The number of nitrogens with zero attached hydrogens (tertiary/aromatic N) is 2. The molecule has 1 aliphatic rings. The van der Waals surface area contributed by atoms with E-state index in [1.165, 1.54) is 12.3 Å². The van der Waals surface area contributed by atoms with E-state index >= 15 is 0 Å². The van der Waals surface area contributed by atoms with Crippen LogP contribution in [0.2, 0.25) is 0 Å². The first-order valence-electron chi connectivity index (χ1n) is 7.15. The Hall–Kier alpha value is -2.09. The van der Waals surface area contributed by atoms with Gasteiger partial charge in [-0.15, -0.1) is 11.3 Å². The quantitative estimate of drug-likeness (QED) is 0.833. The molecule has 0 saturated heterocycles. The number of halogens is 2. The molecule has 0 unspecified atom stereocenters. The van der Waals surface area contributed by atoms with Crippen molar-refractivity contribution in [1.29, 1.82) is 0 Å². The van der Waals surface area contributed by atoms with Crippen LogP contribution < -0.4 is 10.1 Å². The zero-order valence-electron chi connectivity index (χ0n) is 12.4. The molecule has 0 atom stereocenters. The van der Waals surface area contributed by atoms with Gasteiger partial charge in [0.1, 0.15) is 5.82 Å². The van der Waals surface area contributed by atoms with Gasteiger partial charge in [0.05, 0.1) is 11.8 Å². The number of anilines is 1. The number of esters is 1. The Labute approximate surface area is 135 Å². The molecule has 5 nitrogen and oxygen atoms in total. The molecule has 0 aliphatic heterocycles. The van der Waals surface area contributed by atoms with Crippen LogP contribution in [0.1, 0.15) is 48.0 Å². The first-order chi connectivity index (χ1) is 11.0. The number of hydrogen-bond acceptors (Lipinski definition) is 6. The second-order valence-electron chi connectivity index (χ2n) is 5.67. The second kappa shape index (κ2) is 6.19. The van der Waals surface area contributed by atoms with Crippen molar-refractivity contribution in [2.24, 2.45) is 0 Å². The van der Waals surface area contributed by atoms with E-state index in [0.717, 1.165) is 36.8 Å². The Morgan fingerprint density at radius 2 is 2.22 bits per heavy atom. The van der Waals surface area contributed by atoms with Gasteiger partial charge in [-0.2, -0.15) is 0 Å². The minimum atomic E-state index is -2.77. The molecule has 1 N–H and O–H groups in total. The van der Waals surface area contributed by atoms with Gasteiger partial charge < -0.3 is 10.1 Å². The van der Waals surface area contributed by atoms with Crippen LogP contribution in [0.5, 0.6) is 5.75 Å². The molecule has 122 valence electrons. The fourth-order valence-corrected chi connectivity index (χ4v) is 2.90. The van der Waals surface area contributed by atoms with Gasteiger partial charge in [-0.25, -0.2) is 23.5 Å². The lowest BCUT2D eigenvalue weighted by atomic mass is 9.78. The fraction of sp³-hybridized carbons (Fsp3) is 0.400. The summed E-state index contributed by atoms with van der Waals surface area (Å²) in [7, 11) is 0. The molecule has 2 heterocycles. The van der Waals surface area contributed by atoms with Crippen molar-refractivity contribution in [3.63, 3.8) is 0 Å². The number of ether oxygens (including phenoxy) is 1. The SMILES string of the molecule is CC1(Nc2cc(C(F)F)c(OC(=O)c3nccs3)cn2)CCC1. The van der Waals surface area contributed by atoms with E-state index in [1.54, 1.807) is 5.38 Å². The summed E-state index contributed by atoms with van der Waals surface area (Å²) in [6.07, 6.45) is 2.87. The summed E-state index contributed by atoms with van der Waals surface area (Å²) in [5.74, 6) is -0.656. The number of nitrogens with one attached hydrogen (secondary N) is 1. The summed E-state index contributed by atoms with van der Waals surface area (Å²) >= 11 is 1.08. The van der Waals surface area contributed by atoms with Crippen LogP contribution in [0.15, 0.2) is 23.8 Å². The normalized spacial score (nSPS) is 16.0. The molecule has 0 aromatic carbocycles. The van der Waals surface area contributed by atoms with E-state index in [-0.39, 0.29) is 21.9 Å². The number of carbonyl (C=O) groups is 1. The van der Waals surface area contributed by atoms with E-state index in [2.05, 4.69) is 15.3 Å². The summed E-state index contributed by atoms with van der Waals surface area (Å²) in [5, 5.41) is 4.88. The topological polar surface area (TPSA) is 64.1 Å². The Morgan fingerprint density at radius 1 is 1.43 bits per heavy atom. The van der Waals surface area contributed by atoms with Crippen LogP contribution in [0, 0.1) is 0 Å². The molecule has 8 heteroatoms. The third-order valence-corrected chi connectivity index (χ3v) is 4.58. The summed E-state index contributed by atoms with van der Waals surface area (Å²) in [5.41, 5.74) is -0.471. The first kappa shape index (κ1) is 15.8. The highest BCUT2D eigenvalue weighted by Gasteiger charge is 2.32. The highest BCUT2D eigenvalue weighted by molar-refractivity contribution is 7.11. The van der Waals surface area contributed by atoms with Crippen molar-refractivity contribution in [1.82, 2.24) is 9.97 Å². The molecule has 1 saturated carbocycles. The van der Waals surface area contributed by atoms with Crippen LogP contribution >= 0.6 is 11.3 Å². The van der Waals surface area contributed by atoms with Crippen molar-refractivity contribution >= 4 is 23.1 Å². The Balaban J connectivity index is 1.81. The molecule has 3 rings (SSSR count). The van der Waals surface area contributed by atoms with Crippen molar-refractivity contribution in [2.75, 3.05) is 5.32 Å². The molecular weight excluding hydrogens is 324 g/mol. The van der Waals surface area contributed by atoms with Crippen molar-refractivity contribution in [3.8, 4) is 5.75 Å². The summed E-state index contributed by atoms with van der Waals surface area (Å²) in [6, 6.07) is 1.23. The average molecular weight is 339 g/mol. The van der Waals surface area contributed by atoms with Gasteiger partial charge in [-0.05, 0) is 32.3 Å². The minimum Gasteiger partial charge on any atom is -0.419 e. The predicted octanol–water partition coefficient (Wildman–Crippen LogP) is 4.05. The molecule has 0 amide bonds. The van der Waals surface area contributed by atoms with Crippen LogP contribution in [0.25, 0.3) is 0 Å². The van der Waals surface area contributed by atoms with Crippen LogP contribution in [0.3, 0.4) is 0 Å². The first-order valence-corrected chi connectivity index (χ1v) is 8.03. The van der Waals surface area contributed by atoms with E-state index in [1.807, 2.05) is 6.92 Å². The Kier molecular flexibility index (Phi) is 4.25. The lowest BCUT2D eigenvalue weighted by Gasteiger charge is -2.39. The molecule has 0 radical (unpaired) electrons. The number of carbonyl (C=O) groups excluding carboxylic acids is 1. The molecule has 1 fully saturated rings. The van der Waals surface area contributed by atoms with Gasteiger partial charge in [0.2, 0.25) is 5.01 Å². The predicted molar refractivity (Wildman–Crippen MR) is 82.1 cm³/mol. The molecule has 2 aromatic heterocycles. The highest BCUT2D eigenvalue weighted by atomic mass is 32.1. The van der Waals surface area contributed by atoms with E-state index < -0.39 is 12.4 Å². The summed E-state index contributed by atoms with van der Waals surface area (Å²) in [4.78, 5) is 19.7. The minimum absolute atomic E-state index is 0.106. The second-order valence-corrected chi connectivity index (χ2v) is 6.57. The van der Waals surface area contributed by atoms with E-state index in [4.69, 9.17) is 4.74 Å². The zero-order chi connectivity index (χ0) is 16.4. The van der Waals surface area contributed by atoms with Gasteiger partial charge in [-0.1, -0.05) is 0 Å². The lowest BCUT2D eigenvalue weighted by molar-refractivity contribution is 0.0721. The summed E-state index contributed by atoms with van der Waals surface area (Å²) in [6.45, 7) is 2.02. The third kappa shape index (κ3) is 3.47. The van der Waals surface area contributed by atoms with E-state index in [0.29, 0.717) is 5.82 Å². The maximum Gasteiger partial charge on any atom is 0.372 e. The Bertz CT molecular complexity index is 703. The lowest BCUT2D eigenvalue weighted by Crippen LogP contribution is -2.41. The van der Waals surface area contributed by atoms with Gasteiger partial charge in [0.15, 0.2) is 5.75 Å². The van der Waals surface area contributed by atoms with Gasteiger partial charge in [0.25, 0.3) is 6.43 Å². The van der Waals surface area contributed by atoms with Crippen molar-refractivity contribution in [3.05, 3.63) is 34.4 Å². The Morgan fingerprint density at radius 3 is 2.78 bits per heavy atom. The number of pyridine rings is 1. The standard InChI is InChI=1S/C15H15F2N3O2S/c1-15(3-2-4-15)20-11-7-9(12(16)17)10(8-19-11)22-14(21)13-18-5-6-23-13/h5-8,12H,2-4H2,1H3,(H,19,20). The smallest absolute Gasteiger partial charge is 0.372 e. The molecule has 2 aromatic rings. The van der Waals surface area contributed by atoms with E-state index in [9.17, 15) is 13.6 Å². The molecular formula is C15H15F2N3O2S. The number of alkyl halides is 2. The van der Waals surface area contributed by atoms with Crippen LogP contribution in [0.4, 0.5) is 14.6 Å². The highest BCUT2D eigenvalue weighted by Crippen LogP contribution is 2.36. The monoisotopic (exact) mass is 339 g/mol. The fourth-order valence-electron chi connectivity index (χ4n) is 2.39. The van der Waals surface area contributed by atoms with Crippen LogP contribution in [-0.2, 0) is 0 Å². The molecule has 0 bridgehead atoms. The average Bonchev–Trinajstić information content (AvgIpc) is 3.01. The zero-order valence-corrected chi connectivity index (χ0v) is 13.2. The van der Waals surface area contributed by atoms with Gasteiger partial charge >= 0.3 is 5.97 Å². The number of aromatic nitrogens is 2. The number of hydrogen-bond donors (Lipinski definition) is 1. The van der Waals surface area contributed by atoms with Gasteiger partial charge in [0, 0.05) is 17.1 Å². The summed E-state index contributed by atoms with van der Waals surface area (Å²) < 4.78 is 31.6. The third-order valence-electron chi connectivity index (χ3n) is 3.83. The maximum atomic E-state index is 13.3. The molecule has 1 aliphatic carbocycles. The van der Waals surface area contributed by atoms with Crippen molar-refractivity contribution < 1.29 is 18.3 Å². The number of thiazole rings is 1. The number of rotatable bonds is 5. The molecule has 0 spiro atoms. The van der Waals surface area contributed by atoms with Crippen LogP contribution in [-0.4, -0.2) is 21.5 Å². The maximum absolute atomic E-state index is 13.3. The van der Waals surface area contributed by atoms with Crippen molar-refractivity contribution in [2.45, 2.75) is 38.2 Å². The largest absolute Gasteiger partial charge is 0.419 e.